The van der Waals surface area contributed by atoms with E-state index in [0.717, 1.165) is 39.0 Å². The number of methoxy groups -OCH3 is 1. The molecule has 4 aromatic rings. The van der Waals surface area contributed by atoms with E-state index in [0.29, 0.717) is 20.1 Å². The highest BCUT2D eigenvalue weighted by molar-refractivity contribution is 6.42. The Hall–Kier alpha value is -1.84. The third-order valence-electron chi connectivity index (χ3n) is 4.42. The zero-order chi connectivity index (χ0) is 19.1. The summed E-state index contributed by atoms with van der Waals surface area (Å²) in [5.74, 6) is 0.769. The molecular weight excluding hydrogens is 424 g/mol. The lowest BCUT2D eigenvalue weighted by Crippen LogP contribution is -1.84. The van der Waals surface area contributed by atoms with E-state index in [1.165, 1.54) is 0 Å². The molecule has 0 atom stereocenters. The number of nitrogens with one attached hydrogen (secondary N) is 1. The molecule has 0 aliphatic heterocycles. The maximum Gasteiger partial charge on any atom is 0.120 e. The van der Waals surface area contributed by atoms with E-state index in [9.17, 15) is 0 Å². The second-order valence-corrected chi connectivity index (χ2v) is 7.67. The molecule has 0 spiro atoms. The molecule has 0 saturated heterocycles. The zero-order valence-corrected chi connectivity index (χ0v) is 17.1. The predicted molar refractivity (Wildman–Crippen MR) is 116 cm³/mol. The molecule has 1 N–H and O–H groups in total. The molecule has 1 aromatic heterocycles. The fourth-order valence-electron chi connectivity index (χ4n) is 3.12. The highest BCUT2D eigenvalue weighted by Gasteiger charge is 2.17. The molecule has 0 aliphatic carbocycles. The molecule has 0 unspecified atom stereocenters. The van der Waals surface area contributed by atoms with Crippen LogP contribution in [0.4, 0.5) is 0 Å². The van der Waals surface area contributed by atoms with Gasteiger partial charge in [0.2, 0.25) is 0 Å². The fourth-order valence-corrected chi connectivity index (χ4v) is 3.72. The molecule has 0 radical (unpaired) electrons. The van der Waals surface area contributed by atoms with Crippen LogP contribution in [0.2, 0.25) is 20.1 Å². The Kier molecular flexibility index (Phi) is 5.00. The lowest BCUT2D eigenvalue weighted by atomic mass is 9.98. The van der Waals surface area contributed by atoms with E-state index in [1.807, 2.05) is 42.5 Å². The van der Waals surface area contributed by atoms with Gasteiger partial charge in [-0.05, 0) is 42.0 Å². The Balaban J connectivity index is 2.04. The van der Waals surface area contributed by atoms with Crippen molar-refractivity contribution in [3.63, 3.8) is 0 Å². The molecule has 2 nitrogen and oxygen atoms in total. The van der Waals surface area contributed by atoms with E-state index in [2.05, 4.69) is 4.98 Å². The summed E-state index contributed by atoms with van der Waals surface area (Å²) in [6.07, 6.45) is 0. The average Bonchev–Trinajstić information content (AvgIpc) is 3.04. The van der Waals surface area contributed by atoms with Gasteiger partial charge in [0.05, 0.1) is 38.4 Å². The molecule has 0 amide bonds. The summed E-state index contributed by atoms with van der Waals surface area (Å²) >= 11 is 24.7. The lowest BCUT2D eigenvalue weighted by Gasteiger charge is -2.08. The van der Waals surface area contributed by atoms with Crippen molar-refractivity contribution in [3.8, 4) is 28.1 Å². The number of halogens is 4. The Morgan fingerprint density at radius 3 is 1.96 bits per heavy atom. The zero-order valence-electron chi connectivity index (χ0n) is 14.1. The van der Waals surface area contributed by atoms with Crippen LogP contribution in [0.1, 0.15) is 0 Å². The van der Waals surface area contributed by atoms with Crippen LogP contribution in [0, 0.1) is 0 Å². The Bertz CT molecular complexity index is 1170. The summed E-state index contributed by atoms with van der Waals surface area (Å²) in [4.78, 5) is 3.48. The number of ether oxygens (including phenoxy) is 1. The van der Waals surface area contributed by atoms with Gasteiger partial charge in [-0.25, -0.2) is 0 Å². The van der Waals surface area contributed by atoms with Crippen molar-refractivity contribution >= 4 is 57.3 Å². The van der Waals surface area contributed by atoms with Crippen molar-refractivity contribution in [3.05, 3.63) is 74.7 Å². The van der Waals surface area contributed by atoms with Crippen molar-refractivity contribution < 1.29 is 4.74 Å². The van der Waals surface area contributed by atoms with Crippen molar-refractivity contribution in [2.45, 2.75) is 0 Å². The number of H-pyrrole nitrogens is 1. The molecule has 3 aromatic carbocycles. The molecule has 27 heavy (non-hydrogen) atoms. The minimum atomic E-state index is 0.491. The molecule has 136 valence electrons. The smallest absolute Gasteiger partial charge is 0.120 e. The van der Waals surface area contributed by atoms with E-state index in [-0.39, 0.29) is 0 Å². The van der Waals surface area contributed by atoms with Gasteiger partial charge in [0.15, 0.2) is 0 Å². The topological polar surface area (TPSA) is 25.0 Å². The molecule has 0 aliphatic rings. The first-order valence-corrected chi connectivity index (χ1v) is 9.59. The van der Waals surface area contributed by atoms with E-state index < -0.39 is 0 Å². The van der Waals surface area contributed by atoms with Gasteiger partial charge in [-0.2, -0.15) is 0 Å². The van der Waals surface area contributed by atoms with Crippen molar-refractivity contribution in [2.24, 2.45) is 0 Å². The number of benzene rings is 3. The first-order valence-electron chi connectivity index (χ1n) is 8.08. The van der Waals surface area contributed by atoms with Gasteiger partial charge in [0, 0.05) is 22.6 Å². The van der Waals surface area contributed by atoms with E-state index in [1.54, 1.807) is 19.2 Å². The maximum absolute atomic E-state index is 6.27. The Morgan fingerprint density at radius 1 is 0.704 bits per heavy atom. The average molecular weight is 437 g/mol. The molecule has 4 rings (SSSR count). The van der Waals surface area contributed by atoms with Crippen LogP contribution < -0.4 is 4.74 Å². The van der Waals surface area contributed by atoms with E-state index in [4.69, 9.17) is 51.1 Å². The molecule has 1 heterocycles. The van der Waals surface area contributed by atoms with Crippen LogP contribution in [0.3, 0.4) is 0 Å². The second kappa shape index (κ2) is 7.29. The number of rotatable bonds is 3. The highest BCUT2D eigenvalue weighted by atomic mass is 35.5. The summed E-state index contributed by atoms with van der Waals surface area (Å²) in [6.45, 7) is 0. The molecule has 0 saturated carbocycles. The molecule has 0 bridgehead atoms. The molecular formula is C21H13Cl4NO. The minimum Gasteiger partial charge on any atom is -0.497 e. The first-order chi connectivity index (χ1) is 13.0. The van der Waals surface area contributed by atoms with Crippen LogP contribution in [0.25, 0.3) is 33.3 Å². The molecule has 0 fully saturated rings. The van der Waals surface area contributed by atoms with Gasteiger partial charge < -0.3 is 9.72 Å². The second-order valence-electron chi connectivity index (χ2n) is 6.04. The van der Waals surface area contributed by atoms with Crippen LogP contribution in [-0.2, 0) is 0 Å². The third kappa shape index (κ3) is 3.39. The van der Waals surface area contributed by atoms with Gasteiger partial charge in [-0.3, -0.25) is 0 Å². The predicted octanol–water partition coefficient (Wildman–Crippen LogP) is 8.12. The van der Waals surface area contributed by atoms with Crippen LogP contribution >= 0.6 is 46.4 Å². The normalized spacial score (nSPS) is 11.1. The van der Waals surface area contributed by atoms with Crippen LogP contribution in [0.5, 0.6) is 5.75 Å². The fraction of sp³-hybridized carbons (Fsp3) is 0.0476. The summed E-state index contributed by atoms with van der Waals surface area (Å²) in [6, 6.07) is 17.0. The minimum absolute atomic E-state index is 0.491. The van der Waals surface area contributed by atoms with Crippen LogP contribution in [-0.4, -0.2) is 12.1 Å². The Labute approximate surface area is 176 Å². The monoisotopic (exact) mass is 435 g/mol. The summed E-state index contributed by atoms with van der Waals surface area (Å²) in [5, 5.41) is 3.05. The number of hydrogen-bond acceptors (Lipinski definition) is 1. The summed E-state index contributed by atoms with van der Waals surface area (Å²) in [5.41, 5.74) is 4.72. The molecule has 6 heteroatoms. The van der Waals surface area contributed by atoms with Gasteiger partial charge in [0.25, 0.3) is 0 Å². The maximum atomic E-state index is 6.27. The third-order valence-corrected chi connectivity index (χ3v) is 5.90. The van der Waals surface area contributed by atoms with Crippen molar-refractivity contribution in [1.29, 1.82) is 0 Å². The number of aromatic amines is 1. The van der Waals surface area contributed by atoms with Gasteiger partial charge in [-0.1, -0.05) is 58.5 Å². The lowest BCUT2D eigenvalue weighted by molar-refractivity contribution is 0.415. The van der Waals surface area contributed by atoms with Crippen LogP contribution in [0.15, 0.2) is 54.6 Å². The first kappa shape index (κ1) is 18.5. The Morgan fingerprint density at radius 2 is 1.33 bits per heavy atom. The number of fused-ring (bicyclic) bond motifs is 1. The van der Waals surface area contributed by atoms with Crippen molar-refractivity contribution in [2.75, 3.05) is 7.11 Å². The van der Waals surface area contributed by atoms with Gasteiger partial charge in [0.1, 0.15) is 5.75 Å². The quantitative estimate of drug-likeness (QED) is 0.344. The van der Waals surface area contributed by atoms with Gasteiger partial charge in [-0.15, -0.1) is 0 Å². The number of hydrogen-bond donors (Lipinski definition) is 1. The standard InChI is InChI=1S/C21H13Cl4NO/c1-27-13-4-5-14-19(10-13)26-21(12-3-7-16(23)18(25)9-12)20(14)11-2-6-15(22)17(24)8-11/h2-10,26H,1H3. The summed E-state index contributed by atoms with van der Waals surface area (Å²) < 4.78 is 5.36. The van der Waals surface area contributed by atoms with Crippen molar-refractivity contribution in [1.82, 2.24) is 4.98 Å². The summed E-state index contributed by atoms with van der Waals surface area (Å²) in [7, 11) is 1.64. The van der Waals surface area contributed by atoms with E-state index >= 15 is 0 Å². The van der Waals surface area contributed by atoms with Gasteiger partial charge >= 0.3 is 0 Å². The SMILES string of the molecule is COc1ccc2c(-c3ccc(Cl)c(Cl)c3)c(-c3ccc(Cl)c(Cl)c3)[nH]c2c1. The largest absolute Gasteiger partial charge is 0.497 e. The number of aromatic nitrogens is 1. The highest BCUT2D eigenvalue weighted by Crippen LogP contribution is 2.42.